The van der Waals surface area contributed by atoms with Gasteiger partial charge in [0, 0.05) is 17.1 Å². The average molecular weight is 650 g/mol. The molecule has 240 valence electrons. The van der Waals surface area contributed by atoms with E-state index < -0.39 is 0 Å². The van der Waals surface area contributed by atoms with Crippen LogP contribution in [0.1, 0.15) is 0 Å². The molecule has 0 aromatic heterocycles. The quantitative estimate of drug-likeness (QED) is 0.166. The molecule has 9 aromatic rings. The van der Waals surface area contributed by atoms with Gasteiger partial charge in [-0.2, -0.15) is 0 Å². The summed E-state index contributed by atoms with van der Waals surface area (Å²) in [7, 11) is 0. The Balaban J connectivity index is 1.02. The van der Waals surface area contributed by atoms with Crippen molar-refractivity contribution in [3.63, 3.8) is 0 Å². The largest absolute Gasteiger partial charge is 0.311 e. The molecule has 1 heteroatoms. The molecule has 0 atom stereocenters. The van der Waals surface area contributed by atoms with Crippen LogP contribution in [-0.2, 0) is 0 Å². The molecule has 0 heterocycles. The minimum Gasteiger partial charge on any atom is -0.311 e. The molecule has 0 aliphatic heterocycles. The molecule has 0 N–H and O–H groups in total. The van der Waals surface area contributed by atoms with Gasteiger partial charge in [-0.3, -0.25) is 0 Å². The maximum absolute atomic E-state index is 2.33. The van der Waals surface area contributed by atoms with E-state index in [1.807, 2.05) is 0 Å². The first-order valence-electron chi connectivity index (χ1n) is 17.5. The van der Waals surface area contributed by atoms with Gasteiger partial charge in [-0.25, -0.2) is 0 Å². The van der Waals surface area contributed by atoms with Crippen LogP contribution in [0.25, 0.3) is 66.1 Å². The van der Waals surface area contributed by atoms with E-state index in [9.17, 15) is 0 Å². The van der Waals surface area contributed by atoms with Gasteiger partial charge in [0.1, 0.15) is 0 Å². The van der Waals surface area contributed by atoms with E-state index in [-0.39, 0.29) is 0 Å². The van der Waals surface area contributed by atoms with Crippen LogP contribution in [0.5, 0.6) is 0 Å². The van der Waals surface area contributed by atoms with Crippen molar-refractivity contribution in [1.82, 2.24) is 0 Å². The minimum atomic E-state index is 1.11. The predicted octanol–water partition coefficient (Wildman–Crippen LogP) is 14.1. The summed E-state index contributed by atoms with van der Waals surface area (Å²) in [5.74, 6) is 0. The lowest BCUT2D eigenvalue weighted by molar-refractivity contribution is 1.28. The van der Waals surface area contributed by atoms with Crippen molar-refractivity contribution in [2.75, 3.05) is 4.90 Å². The zero-order valence-electron chi connectivity index (χ0n) is 28.2. The fraction of sp³-hybridized carbons (Fsp3) is 0. The Hall–Kier alpha value is -6.70. The van der Waals surface area contributed by atoms with E-state index in [2.05, 4.69) is 217 Å². The molecule has 0 fully saturated rings. The van der Waals surface area contributed by atoms with Crippen molar-refractivity contribution in [2.24, 2.45) is 0 Å². The number of benzene rings is 9. The van der Waals surface area contributed by atoms with Gasteiger partial charge in [-0.1, -0.05) is 152 Å². The fourth-order valence-electron chi connectivity index (χ4n) is 7.10. The summed E-state index contributed by atoms with van der Waals surface area (Å²) in [5, 5.41) is 4.97. The number of hydrogen-bond acceptors (Lipinski definition) is 1. The van der Waals surface area contributed by atoms with Crippen LogP contribution in [0.15, 0.2) is 212 Å². The van der Waals surface area contributed by atoms with E-state index in [0.29, 0.717) is 0 Å². The molecule has 1 nitrogen and oxygen atoms in total. The zero-order valence-corrected chi connectivity index (χ0v) is 28.2. The summed E-state index contributed by atoms with van der Waals surface area (Å²) in [6.45, 7) is 0. The normalized spacial score (nSPS) is 11.1. The molecule has 51 heavy (non-hydrogen) atoms. The number of nitrogens with zero attached hydrogens (tertiary/aromatic N) is 1. The maximum atomic E-state index is 2.33. The lowest BCUT2D eigenvalue weighted by atomic mass is 9.97. The number of para-hydroxylation sites is 1. The topological polar surface area (TPSA) is 3.24 Å². The molecule has 0 saturated heterocycles. The third kappa shape index (κ3) is 6.18. The minimum absolute atomic E-state index is 1.11. The molecular formula is C50H35N. The Morgan fingerprint density at radius 3 is 0.824 bits per heavy atom. The van der Waals surface area contributed by atoms with Gasteiger partial charge in [0.05, 0.1) is 0 Å². The van der Waals surface area contributed by atoms with Crippen molar-refractivity contribution in [3.05, 3.63) is 212 Å². The molecular weight excluding hydrogens is 615 g/mol. The highest BCUT2D eigenvalue weighted by Gasteiger charge is 2.13. The van der Waals surface area contributed by atoms with E-state index in [4.69, 9.17) is 0 Å². The summed E-state index contributed by atoms with van der Waals surface area (Å²) in [6.07, 6.45) is 0. The van der Waals surface area contributed by atoms with Crippen molar-refractivity contribution >= 4 is 38.6 Å². The molecule has 0 unspecified atom stereocenters. The number of anilines is 3. The zero-order chi connectivity index (χ0) is 34.0. The SMILES string of the molecule is c1ccc(-c2ccc3ccc(-c4ccc(N(c5ccccc5)c5ccc(-c6ccc7ccc(-c8ccccc8)cc7c6)cc5)cc4)cc3c2)cc1. The van der Waals surface area contributed by atoms with Crippen LogP contribution in [0, 0.1) is 0 Å². The number of hydrogen-bond donors (Lipinski definition) is 0. The molecule has 0 saturated carbocycles. The highest BCUT2D eigenvalue weighted by Crippen LogP contribution is 2.38. The second-order valence-corrected chi connectivity index (χ2v) is 13.1. The summed E-state index contributed by atoms with van der Waals surface area (Å²) in [4.78, 5) is 2.33. The second kappa shape index (κ2) is 13.3. The smallest absolute Gasteiger partial charge is 0.0462 e. The fourth-order valence-corrected chi connectivity index (χ4v) is 7.10. The molecule has 0 aliphatic carbocycles. The first-order valence-corrected chi connectivity index (χ1v) is 17.5. The third-order valence-corrected chi connectivity index (χ3v) is 9.83. The Morgan fingerprint density at radius 2 is 0.471 bits per heavy atom. The van der Waals surface area contributed by atoms with Crippen LogP contribution in [0.2, 0.25) is 0 Å². The predicted molar refractivity (Wildman–Crippen MR) is 218 cm³/mol. The molecule has 0 aliphatic rings. The molecule has 0 radical (unpaired) electrons. The Labute approximate surface area is 299 Å². The third-order valence-electron chi connectivity index (χ3n) is 9.83. The summed E-state index contributed by atoms with van der Waals surface area (Å²) >= 11 is 0. The molecule has 0 spiro atoms. The Kier molecular flexibility index (Phi) is 7.92. The van der Waals surface area contributed by atoms with Gasteiger partial charge < -0.3 is 4.90 Å². The van der Waals surface area contributed by atoms with Gasteiger partial charge >= 0.3 is 0 Å². The van der Waals surface area contributed by atoms with Gasteiger partial charge in [0.2, 0.25) is 0 Å². The average Bonchev–Trinajstić information content (AvgIpc) is 3.22. The maximum Gasteiger partial charge on any atom is 0.0462 e. The lowest BCUT2D eigenvalue weighted by Gasteiger charge is -2.26. The molecule has 0 amide bonds. The second-order valence-electron chi connectivity index (χ2n) is 13.1. The van der Waals surface area contributed by atoms with Crippen LogP contribution in [0.3, 0.4) is 0 Å². The number of rotatable bonds is 7. The monoisotopic (exact) mass is 649 g/mol. The van der Waals surface area contributed by atoms with E-state index in [1.54, 1.807) is 0 Å². The van der Waals surface area contributed by atoms with Crippen LogP contribution >= 0.6 is 0 Å². The van der Waals surface area contributed by atoms with Crippen LogP contribution < -0.4 is 4.90 Å². The molecule has 9 rings (SSSR count). The summed E-state index contributed by atoms with van der Waals surface area (Å²) in [5.41, 5.74) is 13.1. The van der Waals surface area contributed by atoms with Crippen molar-refractivity contribution in [1.29, 1.82) is 0 Å². The van der Waals surface area contributed by atoms with Gasteiger partial charge in [0.25, 0.3) is 0 Å². The first-order chi connectivity index (χ1) is 25.2. The van der Waals surface area contributed by atoms with E-state index in [0.717, 1.165) is 17.1 Å². The van der Waals surface area contributed by atoms with Crippen molar-refractivity contribution < 1.29 is 0 Å². The van der Waals surface area contributed by atoms with E-state index >= 15 is 0 Å². The highest BCUT2D eigenvalue weighted by molar-refractivity contribution is 5.92. The summed E-state index contributed by atoms with van der Waals surface area (Å²) < 4.78 is 0. The number of fused-ring (bicyclic) bond motifs is 2. The Bertz CT molecular complexity index is 2420. The first kappa shape index (κ1) is 30.4. The lowest BCUT2D eigenvalue weighted by Crippen LogP contribution is -2.09. The van der Waals surface area contributed by atoms with Crippen molar-refractivity contribution in [2.45, 2.75) is 0 Å². The van der Waals surface area contributed by atoms with Crippen LogP contribution in [0.4, 0.5) is 17.1 Å². The highest BCUT2D eigenvalue weighted by atomic mass is 15.1. The standard InChI is InChI=1S/C50H35N/c1-4-10-36(11-5-1)42-20-16-40-18-22-44(34-46(40)32-42)38-24-28-49(29-25-38)51(48-14-8-3-9-15-48)50-30-26-39(27-31-50)45-23-19-41-17-21-43(33-47(41)35-45)37-12-6-2-7-13-37/h1-35H. The van der Waals surface area contributed by atoms with Gasteiger partial charge in [-0.05, 0) is 127 Å². The molecule has 9 aromatic carbocycles. The molecule has 0 bridgehead atoms. The van der Waals surface area contributed by atoms with E-state index in [1.165, 1.54) is 66.1 Å². The summed E-state index contributed by atoms with van der Waals surface area (Å²) in [6, 6.07) is 76.6. The Morgan fingerprint density at radius 1 is 0.196 bits per heavy atom. The van der Waals surface area contributed by atoms with Gasteiger partial charge in [0.15, 0.2) is 0 Å². The van der Waals surface area contributed by atoms with Gasteiger partial charge in [-0.15, -0.1) is 0 Å². The van der Waals surface area contributed by atoms with Crippen LogP contribution in [-0.4, -0.2) is 0 Å². The van der Waals surface area contributed by atoms with Crippen molar-refractivity contribution in [3.8, 4) is 44.5 Å².